The van der Waals surface area contributed by atoms with Crippen molar-refractivity contribution in [2.75, 3.05) is 55.7 Å². The molecule has 0 aliphatic carbocycles. The van der Waals surface area contributed by atoms with Crippen molar-refractivity contribution in [1.82, 2.24) is 9.96 Å². The molecular weight excluding hydrogens is 522 g/mol. The largest absolute Gasteiger partial charge is 0.492 e. The zero-order valence-electron chi connectivity index (χ0n) is 17.9. The number of fused-ring (bicyclic) bond motifs is 2. The molecular formula is C20H22Cl2F3N3O5S. The number of carbonyl (C=O) groups excluding carboxylic acids is 2. The van der Waals surface area contributed by atoms with E-state index in [0.29, 0.717) is 37.4 Å². The second kappa shape index (κ2) is 9.12. The number of halogens is 5. The third-order valence-electron chi connectivity index (χ3n) is 6.60. The van der Waals surface area contributed by atoms with E-state index in [1.54, 1.807) is 17.0 Å². The predicted molar refractivity (Wildman–Crippen MR) is 119 cm³/mol. The Morgan fingerprint density at radius 2 is 1.62 bits per heavy atom. The van der Waals surface area contributed by atoms with Crippen molar-refractivity contribution in [2.45, 2.75) is 24.4 Å². The van der Waals surface area contributed by atoms with Crippen LogP contribution in [-0.2, 0) is 29.7 Å². The molecule has 0 aromatic heterocycles. The molecule has 1 aromatic rings. The number of hydrogen-bond donors (Lipinski definition) is 0. The molecule has 0 bridgehead atoms. The van der Waals surface area contributed by atoms with Gasteiger partial charge in [-0.2, -0.15) is 13.2 Å². The fourth-order valence-electron chi connectivity index (χ4n) is 4.67. The van der Waals surface area contributed by atoms with Crippen LogP contribution in [0.15, 0.2) is 12.1 Å². The summed E-state index contributed by atoms with van der Waals surface area (Å²) in [7, 11) is -3.03. The van der Waals surface area contributed by atoms with Crippen molar-refractivity contribution in [3.63, 3.8) is 0 Å². The third-order valence-corrected chi connectivity index (χ3v) is 8.93. The highest BCUT2D eigenvalue weighted by Gasteiger charge is 2.53. The molecule has 0 unspecified atom stereocenters. The number of carbonyl (C=O) groups is 2. The van der Waals surface area contributed by atoms with Crippen molar-refractivity contribution in [1.29, 1.82) is 0 Å². The Balaban J connectivity index is 1.52. The maximum Gasteiger partial charge on any atom is 0.492 e. The standard InChI is InChI=1S/C20H22Cl2F3N3O5S/c21-14-11-13-16(12-15(14)22)28(6-5-26-7-9-34(31,32)10-8-26)17(29)19(13)1-3-27(4-2-19)33-18(30)20(23,24)25/h11-12H,1-10H2. The van der Waals surface area contributed by atoms with E-state index in [9.17, 15) is 31.2 Å². The normalized spacial score (nSPS) is 22.7. The Morgan fingerprint density at radius 1 is 1.03 bits per heavy atom. The van der Waals surface area contributed by atoms with Gasteiger partial charge in [0, 0.05) is 45.0 Å². The molecule has 0 radical (unpaired) electrons. The highest BCUT2D eigenvalue weighted by molar-refractivity contribution is 7.91. The molecule has 3 heterocycles. The summed E-state index contributed by atoms with van der Waals surface area (Å²) in [6.07, 6.45) is -4.86. The van der Waals surface area contributed by atoms with Gasteiger partial charge in [-0.1, -0.05) is 23.2 Å². The molecule has 14 heteroatoms. The number of amides is 1. The van der Waals surface area contributed by atoms with E-state index < -0.39 is 27.4 Å². The van der Waals surface area contributed by atoms with E-state index in [-0.39, 0.29) is 53.4 Å². The zero-order chi connectivity index (χ0) is 24.9. The van der Waals surface area contributed by atoms with Crippen LogP contribution in [0.4, 0.5) is 18.9 Å². The summed E-state index contributed by atoms with van der Waals surface area (Å²) in [4.78, 5) is 32.8. The number of sulfone groups is 1. The van der Waals surface area contributed by atoms with Crippen LogP contribution in [0, 0.1) is 0 Å². The maximum absolute atomic E-state index is 13.6. The first-order valence-corrected chi connectivity index (χ1v) is 13.2. The van der Waals surface area contributed by atoms with E-state index in [1.807, 2.05) is 4.90 Å². The predicted octanol–water partition coefficient (Wildman–Crippen LogP) is 2.42. The number of rotatable bonds is 4. The van der Waals surface area contributed by atoms with Crippen molar-refractivity contribution in [3.05, 3.63) is 27.7 Å². The van der Waals surface area contributed by atoms with E-state index in [4.69, 9.17) is 23.2 Å². The van der Waals surface area contributed by atoms with Crippen molar-refractivity contribution in [3.8, 4) is 0 Å². The smallest absolute Gasteiger partial charge is 0.361 e. The van der Waals surface area contributed by atoms with Crippen LogP contribution in [0.3, 0.4) is 0 Å². The Kier molecular flexibility index (Phi) is 6.84. The maximum atomic E-state index is 13.6. The number of piperidine rings is 1. The van der Waals surface area contributed by atoms with Gasteiger partial charge in [0.15, 0.2) is 9.84 Å². The van der Waals surface area contributed by atoms with Gasteiger partial charge < -0.3 is 9.74 Å². The molecule has 1 amide bonds. The van der Waals surface area contributed by atoms with Gasteiger partial charge in [-0.05, 0) is 30.5 Å². The molecule has 0 N–H and O–H groups in total. The molecule has 34 heavy (non-hydrogen) atoms. The van der Waals surface area contributed by atoms with E-state index >= 15 is 0 Å². The summed E-state index contributed by atoms with van der Waals surface area (Å²) in [5.74, 6) is -2.40. The van der Waals surface area contributed by atoms with Gasteiger partial charge in [0.05, 0.1) is 27.0 Å². The van der Waals surface area contributed by atoms with Gasteiger partial charge >= 0.3 is 12.1 Å². The van der Waals surface area contributed by atoms with Crippen LogP contribution in [0.5, 0.6) is 0 Å². The Labute approximate surface area is 204 Å². The van der Waals surface area contributed by atoms with Gasteiger partial charge in [-0.25, -0.2) is 13.2 Å². The average molecular weight is 544 g/mol. The first kappa shape index (κ1) is 25.5. The lowest BCUT2D eigenvalue weighted by Crippen LogP contribution is -2.51. The first-order valence-electron chi connectivity index (χ1n) is 10.6. The third kappa shape index (κ3) is 4.88. The molecule has 1 aromatic carbocycles. The van der Waals surface area contributed by atoms with Crippen molar-refractivity contribution in [2.24, 2.45) is 0 Å². The molecule has 0 atom stereocenters. The van der Waals surface area contributed by atoms with Crippen LogP contribution in [0.2, 0.25) is 10.0 Å². The second-order valence-corrected chi connectivity index (χ2v) is 11.7. The summed E-state index contributed by atoms with van der Waals surface area (Å²) < 4.78 is 61.0. The Hall–Kier alpha value is -1.60. The number of anilines is 1. The second-order valence-electron chi connectivity index (χ2n) is 8.62. The van der Waals surface area contributed by atoms with E-state index in [0.717, 1.165) is 5.06 Å². The first-order chi connectivity index (χ1) is 15.8. The minimum atomic E-state index is -5.11. The summed E-state index contributed by atoms with van der Waals surface area (Å²) in [6.45, 7) is 1.37. The fourth-order valence-corrected chi connectivity index (χ4v) is 6.27. The molecule has 3 aliphatic rings. The molecule has 4 rings (SSSR count). The molecule has 1 spiro atoms. The lowest BCUT2D eigenvalue weighted by molar-refractivity contribution is -0.242. The minimum absolute atomic E-state index is 0.0644. The van der Waals surface area contributed by atoms with Crippen molar-refractivity contribution >= 4 is 50.6 Å². The van der Waals surface area contributed by atoms with E-state index in [2.05, 4.69) is 4.84 Å². The minimum Gasteiger partial charge on any atom is -0.361 e. The SMILES string of the molecule is O=C(ON1CCC2(CC1)C(=O)N(CCN1CCS(=O)(=O)CC1)c1cc(Cl)c(Cl)cc12)C(F)(F)F. The summed E-state index contributed by atoms with van der Waals surface area (Å²) in [5, 5.41) is 1.43. The highest BCUT2D eigenvalue weighted by atomic mass is 35.5. The summed E-state index contributed by atoms with van der Waals surface area (Å²) in [6, 6.07) is 3.21. The highest BCUT2D eigenvalue weighted by Crippen LogP contribution is 2.50. The summed E-state index contributed by atoms with van der Waals surface area (Å²) >= 11 is 12.4. The van der Waals surface area contributed by atoms with Gasteiger partial charge in [-0.15, -0.1) is 5.06 Å². The molecule has 188 valence electrons. The lowest BCUT2D eigenvalue weighted by Gasteiger charge is -2.37. The molecule has 0 saturated carbocycles. The van der Waals surface area contributed by atoms with Crippen LogP contribution in [-0.4, -0.2) is 87.2 Å². The van der Waals surface area contributed by atoms with Gasteiger partial charge in [0.25, 0.3) is 0 Å². The van der Waals surface area contributed by atoms with Crippen LogP contribution in [0.25, 0.3) is 0 Å². The number of benzene rings is 1. The van der Waals surface area contributed by atoms with Crippen LogP contribution >= 0.6 is 23.2 Å². The van der Waals surface area contributed by atoms with Gasteiger partial charge in [0.2, 0.25) is 5.91 Å². The molecule has 2 saturated heterocycles. The Morgan fingerprint density at radius 3 is 2.21 bits per heavy atom. The van der Waals surface area contributed by atoms with E-state index in [1.165, 1.54) is 0 Å². The molecule has 2 fully saturated rings. The van der Waals surface area contributed by atoms with Crippen LogP contribution in [0.1, 0.15) is 18.4 Å². The number of nitrogens with zero attached hydrogens (tertiary/aromatic N) is 3. The van der Waals surface area contributed by atoms with Gasteiger partial charge in [-0.3, -0.25) is 9.69 Å². The quantitative estimate of drug-likeness (QED) is 0.576. The van der Waals surface area contributed by atoms with Crippen LogP contribution < -0.4 is 4.90 Å². The topological polar surface area (TPSA) is 87.2 Å². The molecule has 8 nitrogen and oxygen atoms in total. The van der Waals surface area contributed by atoms with Crippen molar-refractivity contribution < 1.29 is 36.0 Å². The number of alkyl halides is 3. The summed E-state index contributed by atoms with van der Waals surface area (Å²) in [5.41, 5.74) is 0.176. The lowest BCUT2D eigenvalue weighted by atomic mass is 9.74. The number of hydroxylamine groups is 2. The van der Waals surface area contributed by atoms with Gasteiger partial charge in [0.1, 0.15) is 0 Å². The fraction of sp³-hybridized carbons (Fsp3) is 0.600. The number of hydrogen-bond acceptors (Lipinski definition) is 7. The monoisotopic (exact) mass is 543 g/mol. The average Bonchev–Trinajstić information content (AvgIpc) is 2.96. The molecule has 3 aliphatic heterocycles. The Bertz CT molecular complexity index is 1090. The zero-order valence-corrected chi connectivity index (χ0v) is 20.2.